The Morgan fingerprint density at radius 3 is 2.47 bits per heavy atom. The molecule has 3 heteroatoms. The predicted octanol–water partition coefficient (Wildman–Crippen LogP) is 2.12. The van der Waals surface area contributed by atoms with Gasteiger partial charge in [0.25, 0.3) is 0 Å². The molecule has 1 aliphatic heterocycles. The number of nitrogens with zero attached hydrogens (tertiary/aromatic N) is 1. The molecule has 3 rings (SSSR count). The highest BCUT2D eigenvalue weighted by Crippen LogP contribution is 2.37. The molecule has 0 aromatic carbocycles. The fourth-order valence-corrected chi connectivity index (χ4v) is 2.84. The van der Waals surface area contributed by atoms with E-state index >= 15 is 0 Å². The minimum Gasteiger partial charge on any atom is -0.335 e. The minimum absolute atomic E-state index is 0.215. The van der Waals surface area contributed by atoms with Gasteiger partial charge in [-0.15, -0.1) is 0 Å². The molecule has 0 aromatic heterocycles. The second-order valence-corrected chi connectivity index (χ2v) is 5.32. The van der Waals surface area contributed by atoms with Crippen LogP contribution < -0.4 is 5.32 Å². The predicted molar refractivity (Wildman–Crippen MR) is 58.6 cm³/mol. The van der Waals surface area contributed by atoms with Gasteiger partial charge in [-0.2, -0.15) is 0 Å². The molecule has 3 nitrogen and oxygen atoms in total. The maximum atomic E-state index is 12.0. The van der Waals surface area contributed by atoms with Crippen LogP contribution in [0, 0.1) is 5.92 Å². The first kappa shape index (κ1) is 9.49. The van der Waals surface area contributed by atoms with Gasteiger partial charge in [-0.3, -0.25) is 0 Å². The maximum Gasteiger partial charge on any atom is 0.317 e. The Hall–Kier alpha value is -0.730. The molecule has 1 atom stereocenters. The van der Waals surface area contributed by atoms with Gasteiger partial charge in [0, 0.05) is 18.6 Å². The number of likely N-dealkylation sites (tertiary alicyclic amines) is 1. The zero-order valence-electron chi connectivity index (χ0n) is 9.24. The lowest BCUT2D eigenvalue weighted by Crippen LogP contribution is -2.47. The fraction of sp³-hybridized carbons (Fsp3) is 0.917. The third-order valence-electron chi connectivity index (χ3n) is 4.16. The quantitative estimate of drug-likeness (QED) is 0.740. The molecular weight excluding hydrogens is 188 g/mol. The van der Waals surface area contributed by atoms with Gasteiger partial charge in [-0.1, -0.05) is 6.42 Å². The molecule has 2 amide bonds. The van der Waals surface area contributed by atoms with Crippen molar-refractivity contribution in [2.45, 2.75) is 57.0 Å². The number of nitrogens with one attached hydrogen (secondary N) is 1. The van der Waals surface area contributed by atoms with Crippen LogP contribution in [0.5, 0.6) is 0 Å². The highest BCUT2D eigenvalue weighted by Gasteiger charge is 2.38. The van der Waals surface area contributed by atoms with Gasteiger partial charge in [-0.25, -0.2) is 4.79 Å². The molecule has 2 aliphatic carbocycles. The molecule has 2 saturated carbocycles. The summed E-state index contributed by atoms with van der Waals surface area (Å²) in [6, 6.07) is 1.28. The van der Waals surface area contributed by atoms with Gasteiger partial charge in [0.1, 0.15) is 0 Å². The van der Waals surface area contributed by atoms with Crippen LogP contribution in [0.4, 0.5) is 4.79 Å². The second kappa shape index (κ2) is 3.69. The van der Waals surface area contributed by atoms with Crippen LogP contribution in [0.25, 0.3) is 0 Å². The van der Waals surface area contributed by atoms with E-state index in [1.165, 1.54) is 44.9 Å². The summed E-state index contributed by atoms with van der Waals surface area (Å²) in [6.45, 7) is 0.986. The Labute approximate surface area is 91.2 Å². The number of amides is 2. The molecule has 1 N–H and O–H groups in total. The summed E-state index contributed by atoms with van der Waals surface area (Å²) in [5, 5.41) is 3.12. The lowest BCUT2D eigenvalue weighted by Gasteiger charge is -2.37. The zero-order chi connectivity index (χ0) is 10.3. The lowest BCUT2D eigenvalue weighted by atomic mass is 9.79. The molecule has 3 aliphatic rings. The van der Waals surface area contributed by atoms with E-state index in [1.54, 1.807) is 0 Å². The first-order valence-electron chi connectivity index (χ1n) is 6.42. The van der Waals surface area contributed by atoms with Crippen LogP contribution in [0.1, 0.15) is 44.9 Å². The molecule has 0 radical (unpaired) electrons. The van der Waals surface area contributed by atoms with Gasteiger partial charge in [0.2, 0.25) is 0 Å². The van der Waals surface area contributed by atoms with E-state index in [4.69, 9.17) is 0 Å². The van der Waals surface area contributed by atoms with Crippen molar-refractivity contribution in [1.82, 2.24) is 10.2 Å². The lowest BCUT2D eigenvalue weighted by molar-refractivity contribution is 0.139. The smallest absolute Gasteiger partial charge is 0.317 e. The van der Waals surface area contributed by atoms with E-state index < -0.39 is 0 Å². The fourth-order valence-electron chi connectivity index (χ4n) is 2.84. The molecule has 0 spiro atoms. The third-order valence-corrected chi connectivity index (χ3v) is 4.16. The molecular formula is C12H20N2O. The average Bonchev–Trinajstić information content (AvgIpc) is 2.79. The van der Waals surface area contributed by atoms with Crippen LogP contribution in [-0.4, -0.2) is 29.6 Å². The van der Waals surface area contributed by atoms with Gasteiger partial charge >= 0.3 is 6.03 Å². The minimum atomic E-state index is 0.215. The van der Waals surface area contributed by atoms with Crippen molar-refractivity contribution >= 4 is 6.03 Å². The Bertz CT molecular complexity index is 258. The average molecular weight is 208 g/mol. The number of urea groups is 1. The molecule has 0 unspecified atom stereocenters. The molecule has 3 fully saturated rings. The van der Waals surface area contributed by atoms with Crippen LogP contribution in [0.3, 0.4) is 0 Å². The van der Waals surface area contributed by atoms with Gasteiger partial charge in [0.15, 0.2) is 0 Å². The highest BCUT2D eigenvalue weighted by atomic mass is 16.2. The van der Waals surface area contributed by atoms with Crippen molar-refractivity contribution in [2.24, 2.45) is 5.92 Å². The summed E-state index contributed by atoms with van der Waals surface area (Å²) in [5.74, 6) is 0.817. The number of carbonyl (C=O) groups is 1. The van der Waals surface area contributed by atoms with E-state index in [2.05, 4.69) is 10.2 Å². The Morgan fingerprint density at radius 1 is 1.07 bits per heavy atom. The highest BCUT2D eigenvalue weighted by molar-refractivity contribution is 5.75. The summed E-state index contributed by atoms with van der Waals surface area (Å²) in [6.07, 6.45) is 8.89. The number of carbonyl (C=O) groups excluding carboxylic acids is 1. The number of hydrogen-bond donors (Lipinski definition) is 1. The van der Waals surface area contributed by atoms with Crippen molar-refractivity contribution in [3.63, 3.8) is 0 Å². The standard InChI is InChI=1S/C12H20N2O/c15-12(13-10-6-7-10)14-8-2-5-11(14)9-3-1-4-9/h9-11H,1-8H2,(H,13,15)/t11-/m0/s1. The van der Waals surface area contributed by atoms with Gasteiger partial charge < -0.3 is 10.2 Å². The van der Waals surface area contributed by atoms with Gasteiger partial charge in [-0.05, 0) is 44.4 Å². The van der Waals surface area contributed by atoms with Crippen molar-refractivity contribution in [2.75, 3.05) is 6.54 Å². The molecule has 0 aromatic rings. The molecule has 1 heterocycles. The third kappa shape index (κ3) is 1.84. The topological polar surface area (TPSA) is 32.3 Å². The maximum absolute atomic E-state index is 12.0. The molecule has 15 heavy (non-hydrogen) atoms. The Morgan fingerprint density at radius 2 is 1.87 bits per heavy atom. The molecule has 84 valence electrons. The summed E-state index contributed by atoms with van der Waals surface area (Å²) in [7, 11) is 0. The van der Waals surface area contributed by atoms with Crippen LogP contribution in [0.15, 0.2) is 0 Å². The Kier molecular flexibility index (Phi) is 2.33. The number of hydrogen-bond acceptors (Lipinski definition) is 1. The van der Waals surface area contributed by atoms with Crippen LogP contribution in [-0.2, 0) is 0 Å². The largest absolute Gasteiger partial charge is 0.335 e. The monoisotopic (exact) mass is 208 g/mol. The van der Waals surface area contributed by atoms with Crippen molar-refractivity contribution in [3.8, 4) is 0 Å². The van der Waals surface area contributed by atoms with E-state index in [0.29, 0.717) is 12.1 Å². The normalized spacial score (nSPS) is 31.5. The van der Waals surface area contributed by atoms with Crippen molar-refractivity contribution in [3.05, 3.63) is 0 Å². The number of rotatable bonds is 2. The zero-order valence-corrected chi connectivity index (χ0v) is 9.24. The summed E-state index contributed by atoms with van der Waals surface area (Å²) >= 11 is 0. The van der Waals surface area contributed by atoms with Gasteiger partial charge in [0.05, 0.1) is 0 Å². The SMILES string of the molecule is O=C(NC1CC1)N1CCC[C@H]1C1CCC1. The Balaban J connectivity index is 1.59. The molecule has 1 saturated heterocycles. The van der Waals surface area contributed by atoms with E-state index in [-0.39, 0.29) is 6.03 Å². The summed E-state index contributed by atoms with van der Waals surface area (Å²) in [4.78, 5) is 14.1. The van der Waals surface area contributed by atoms with Crippen LogP contribution >= 0.6 is 0 Å². The van der Waals surface area contributed by atoms with E-state index in [9.17, 15) is 4.79 Å². The molecule has 0 bridgehead atoms. The van der Waals surface area contributed by atoms with Crippen molar-refractivity contribution < 1.29 is 4.79 Å². The first-order valence-corrected chi connectivity index (χ1v) is 6.42. The van der Waals surface area contributed by atoms with E-state index in [1.807, 2.05) is 0 Å². The van der Waals surface area contributed by atoms with Crippen LogP contribution in [0.2, 0.25) is 0 Å². The first-order chi connectivity index (χ1) is 7.34. The summed E-state index contributed by atoms with van der Waals surface area (Å²) in [5.41, 5.74) is 0. The van der Waals surface area contributed by atoms with E-state index in [0.717, 1.165) is 12.5 Å². The second-order valence-electron chi connectivity index (χ2n) is 5.32. The summed E-state index contributed by atoms with van der Waals surface area (Å²) < 4.78 is 0. The van der Waals surface area contributed by atoms with Crippen molar-refractivity contribution in [1.29, 1.82) is 0 Å².